The molecule has 3 fully saturated rings. The fourth-order valence-electron chi connectivity index (χ4n) is 5.39. The molecule has 2 N–H and O–H groups in total. The summed E-state index contributed by atoms with van der Waals surface area (Å²) in [5.74, 6) is -0.632. The molecule has 8 nitrogen and oxygen atoms in total. The van der Waals surface area contributed by atoms with Crippen molar-refractivity contribution in [3.63, 3.8) is 0 Å². The number of hydrogen-bond acceptors (Lipinski definition) is 6. The summed E-state index contributed by atoms with van der Waals surface area (Å²) in [6.07, 6.45) is 2.90. The van der Waals surface area contributed by atoms with Crippen LogP contribution in [0.5, 0.6) is 5.75 Å². The van der Waals surface area contributed by atoms with Gasteiger partial charge in [-0.25, -0.2) is 9.18 Å². The molecule has 2 amide bonds. The SMILES string of the molecule is CC(C)(C)OC(=O)N1CCC2(COCC(=O)N2)C1COC1CCC(c2c(O)cccc2F)CC1. The van der Waals surface area contributed by atoms with Crippen molar-refractivity contribution < 1.29 is 33.3 Å². The number of nitrogens with zero attached hydrogens (tertiary/aromatic N) is 1. The van der Waals surface area contributed by atoms with Gasteiger partial charge in [0.2, 0.25) is 5.91 Å². The number of carbonyl (C=O) groups excluding carboxylic acids is 2. The third kappa shape index (κ3) is 5.30. The summed E-state index contributed by atoms with van der Waals surface area (Å²) in [5, 5.41) is 13.2. The number of benzene rings is 1. The molecule has 0 radical (unpaired) electrons. The van der Waals surface area contributed by atoms with Crippen LogP contribution in [0.1, 0.15) is 64.4 Å². The highest BCUT2D eigenvalue weighted by molar-refractivity contribution is 5.79. The number of aromatic hydroxyl groups is 1. The van der Waals surface area contributed by atoms with E-state index in [0.717, 1.165) is 0 Å². The Labute approximate surface area is 199 Å². The van der Waals surface area contributed by atoms with Crippen LogP contribution in [-0.4, -0.2) is 71.7 Å². The van der Waals surface area contributed by atoms with E-state index in [0.29, 0.717) is 50.8 Å². The predicted molar refractivity (Wildman–Crippen MR) is 122 cm³/mol. The van der Waals surface area contributed by atoms with Gasteiger partial charge in [0.1, 0.15) is 23.8 Å². The second-order valence-corrected chi connectivity index (χ2v) is 10.6. The van der Waals surface area contributed by atoms with Crippen molar-refractivity contribution in [1.29, 1.82) is 0 Å². The van der Waals surface area contributed by atoms with Crippen molar-refractivity contribution in [3.8, 4) is 5.75 Å². The number of phenols is 1. The van der Waals surface area contributed by atoms with Gasteiger partial charge in [0, 0.05) is 12.1 Å². The Morgan fingerprint density at radius 3 is 2.68 bits per heavy atom. The molecular formula is C25H35FN2O6. The molecule has 0 aromatic heterocycles. The van der Waals surface area contributed by atoms with E-state index < -0.39 is 23.3 Å². The van der Waals surface area contributed by atoms with Crippen LogP contribution in [0.15, 0.2) is 18.2 Å². The van der Waals surface area contributed by atoms with Crippen molar-refractivity contribution in [1.82, 2.24) is 10.2 Å². The van der Waals surface area contributed by atoms with Crippen LogP contribution in [0.4, 0.5) is 9.18 Å². The number of amides is 2. The second-order valence-electron chi connectivity index (χ2n) is 10.6. The van der Waals surface area contributed by atoms with Crippen molar-refractivity contribution in [2.24, 2.45) is 0 Å². The van der Waals surface area contributed by atoms with E-state index in [1.165, 1.54) is 18.2 Å². The number of likely N-dealkylation sites (tertiary alicyclic amines) is 1. The van der Waals surface area contributed by atoms with E-state index in [-0.39, 0.29) is 42.7 Å². The molecule has 1 aromatic rings. The Hall–Kier alpha value is -2.39. The molecule has 2 unspecified atom stereocenters. The van der Waals surface area contributed by atoms with Crippen LogP contribution < -0.4 is 5.32 Å². The topological polar surface area (TPSA) is 97.3 Å². The highest BCUT2D eigenvalue weighted by atomic mass is 19.1. The van der Waals surface area contributed by atoms with Crippen LogP contribution in [0.3, 0.4) is 0 Å². The quantitative estimate of drug-likeness (QED) is 0.688. The highest BCUT2D eigenvalue weighted by Gasteiger charge is 2.53. The lowest BCUT2D eigenvalue weighted by atomic mass is 9.82. The smallest absolute Gasteiger partial charge is 0.410 e. The highest BCUT2D eigenvalue weighted by Crippen LogP contribution is 2.40. The first-order chi connectivity index (χ1) is 16.1. The first kappa shape index (κ1) is 24.7. The van der Waals surface area contributed by atoms with Gasteiger partial charge in [-0.15, -0.1) is 0 Å². The minimum Gasteiger partial charge on any atom is -0.508 e. The monoisotopic (exact) mass is 478 g/mol. The maximum atomic E-state index is 14.3. The van der Waals surface area contributed by atoms with Gasteiger partial charge in [0.15, 0.2) is 0 Å². The van der Waals surface area contributed by atoms with Gasteiger partial charge >= 0.3 is 6.09 Å². The number of rotatable bonds is 4. The van der Waals surface area contributed by atoms with Gasteiger partial charge in [-0.1, -0.05) is 6.07 Å². The summed E-state index contributed by atoms with van der Waals surface area (Å²) in [6, 6.07) is 3.99. The van der Waals surface area contributed by atoms with Crippen LogP contribution in [0, 0.1) is 5.82 Å². The minimum atomic E-state index is -0.706. The Morgan fingerprint density at radius 1 is 1.29 bits per heavy atom. The van der Waals surface area contributed by atoms with Gasteiger partial charge in [-0.05, 0) is 70.9 Å². The Bertz CT molecular complexity index is 891. The molecule has 4 rings (SSSR count). The lowest BCUT2D eigenvalue weighted by Crippen LogP contribution is -2.65. The zero-order chi connectivity index (χ0) is 24.5. The normalized spacial score (nSPS) is 29.8. The van der Waals surface area contributed by atoms with Crippen molar-refractivity contribution in [3.05, 3.63) is 29.6 Å². The van der Waals surface area contributed by atoms with E-state index >= 15 is 0 Å². The first-order valence-corrected chi connectivity index (χ1v) is 12.1. The fourth-order valence-corrected chi connectivity index (χ4v) is 5.39. The van der Waals surface area contributed by atoms with Crippen molar-refractivity contribution in [2.45, 2.75) is 82.1 Å². The number of phenolic OH excluding ortho intramolecular Hbond substituents is 1. The molecule has 9 heteroatoms. The van der Waals surface area contributed by atoms with Gasteiger partial charge in [0.25, 0.3) is 0 Å². The zero-order valence-corrected chi connectivity index (χ0v) is 20.1. The summed E-state index contributed by atoms with van der Waals surface area (Å²) >= 11 is 0. The standard InChI is InChI=1S/C25H35FN2O6/c1-24(2,3)34-23(31)28-12-11-25(15-32-14-21(30)27-25)20(28)13-33-17-9-7-16(8-10-17)22-18(26)5-4-6-19(22)29/h4-6,16-17,20,29H,7-15H2,1-3H3,(H,27,30). The molecule has 2 atom stereocenters. The van der Waals surface area contributed by atoms with E-state index in [1.807, 2.05) is 20.8 Å². The molecule has 1 spiro atoms. The molecule has 2 heterocycles. The molecule has 34 heavy (non-hydrogen) atoms. The summed E-state index contributed by atoms with van der Waals surface area (Å²) in [5.41, 5.74) is -0.960. The predicted octanol–water partition coefficient (Wildman–Crippen LogP) is 3.47. The summed E-state index contributed by atoms with van der Waals surface area (Å²) in [4.78, 5) is 26.7. The largest absolute Gasteiger partial charge is 0.508 e. The average Bonchev–Trinajstić information content (AvgIpc) is 3.09. The molecular weight excluding hydrogens is 443 g/mol. The van der Waals surface area contributed by atoms with Gasteiger partial charge in [-0.2, -0.15) is 0 Å². The molecule has 188 valence electrons. The molecule has 0 bridgehead atoms. The zero-order valence-electron chi connectivity index (χ0n) is 20.1. The van der Waals surface area contributed by atoms with E-state index in [2.05, 4.69) is 5.32 Å². The number of hydrogen-bond donors (Lipinski definition) is 2. The third-order valence-corrected chi connectivity index (χ3v) is 7.02. The molecule has 1 aliphatic carbocycles. The molecule has 2 saturated heterocycles. The van der Waals surface area contributed by atoms with Gasteiger partial charge in [0.05, 0.1) is 30.9 Å². The number of ether oxygens (including phenoxy) is 3. The Balaban J connectivity index is 1.41. The Kier molecular flexibility index (Phi) is 7.05. The van der Waals surface area contributed by atoms with E-state index in [9.17, 15) is 19.1 Å². The summed E-state index contributed by atoms with van der Waals surface area (Å²) in [6.45, 7) is 6.45. The average molecular weight is 479 g/mol. The van der Waals surface area contributed by atoms with E-state index in [4.69, 9.17) is 14.2 Å². The molecule has 2 aliphatic heterocycles. The number of halogens is 1. The number of morpholine rings is 1. The molecule has 1 aromatic carbocycles. The summed E-state index contributed by atoms with van der Waals surface area (Å²) in [7, 11) is 0. The van der Waals surface area contributed by atoms with Gasteiger partial charge in [-0.3, -0.25) is 4.79 Å². The van der Waals surface area contributed by atoms with Gasteiger partial charge < -0.3 is 29.5 Å². The van der Waals surface area contributed by atoms with Crippen molar-refractivity contribution in [2.75, 3.05) is 26.4 Å². The molecule has 3 aliphatic rings. The third-order valence-electron chi connectivity index (χ3n) is 7.02. The number of nitrogens with one attached hydrogen (secondary N) is 1. The minimum absolute atomic E-state index is 0.00157. The van der Waals surface area contributed by atoms with Crippen LogP contribution in [-0.2, 0) is 19.0 Å². The number of carbonyl (C=O) groups is 2. The van der Waals surface area contributed by atoms with Crippen LogP contribution in [0.2, 0.25) is 0 Å². The van der Waals surface area contributed by atoms with Crippen molar-refractivity contribution >= 4 is 12.0 Å². The molecule has 1 saturated carbocycles. The van der Waals surface area contributed by atoms with E-state index in [1.54, 1.807) is 4.90 Å². The maximum Gasteiger partial charge on any atom is 0.410 e. The first-order valence-electron chi connectivity index (χ1n) is 12.1. The maximum absolute atomic E-state index is 14.3. The summed E-state index contributed by atoms with van der Waals surface area (Å²) < 4.78 is 31.7. The fraction of sp³-hybridized carbons (Fsp3) is 0.680. The van der Waals surface area contributed by atoms with Crippen LogP contribution >= 0.6 is 0 Å². The van der Waals surface area contributed by atoms with Crippen LogP contribution in [0.25, 0.3) is 0 Å². The lowest BCUT2D eigenvalue weighted by molar-refractivity contribution is -0.137. The Morgan fingerprint density at radius 2 is 2.03 bits per heavy atom. The second kappa shape index (κ2) is 9.70. The lowest BCUT2D eigenvalue weighted by Gasteiger charge is -2.41.